The number of aromatic nitrogens is 4. The number of ether oxygens (including phenoxy) is 3. The summed E-state index contributed by atoms with van der Waals surface area (Å²) in [6.07, 6.45) is 0.296. The number of aliphatic hydroxyl groups is 1. The van der Waals surface area contributed by atoms with Gasteiger partial charge in [0.05, 0.1) is 12.4 Å². The van der Waals surface area contributed by atoms with Crippen molar-refractivity contribution >= 4 is 23.1 Å². The fraction of sp³-hybridized carbons (Fsp3) is 0.280. The molecule has 0 spiro atoms. The molecular formula is C25H23N5O5. The van der Waals surface area contributed by atoms with Crippen molar-refractivity contribution in [2.24, 2.45) is 0 Å². The Morgan fingerprint density at radius 2 is 1.71 bits per heavy atom. The molecule has 3 heterocycles. The number of nitrogens with two attached hydrogens (primary N) is 1. The number of fused-ring (bicyclic) bond motifs is 4. The van der Waals surface area contributed by atoms with Crippen LogP contribution in [0.2, 0.25) is 0 Å². The van der Waals surface area contributed by atoms with Crippen LogP contribution < -0.4 is 5.73 Å². The first-order valence-electron chi connectivity index (χ1n) is 11.3. The molecule has 178 valence electrons. The van der Waals surface area contributed by atoms with Crippen molar-refractivity contribution < 1.29 is 24.1 Å². The van der Waals surface area contributed by atoms with Crippen LogP contribution in [-0.2, 0) is 14.2 Å². The predicted molar refractivity (Wildman–Crippen MR) is 125 cm³/mol. The van der Waals surface area contributed by atoms with E-state index >= 15 is 0 Å². The van der Waals surface area contributed by atoms with E-state index in [1.165, 1.54) is 6.33 Å². The van der Waals surface area contributed by atoms with Gasteiger partial charge in [0.15, 0.2) is 11.5 Å². The number of rotatable bonds is 5. The molecule has 1 aliphatic heterocycles. The molecule has 10 nitrogen and oxygen atoms in total. The van der Waals surface area contributed by atoms with Gasteiger partial charge in [-0.15, -0.1) is 0 Å². The third kappa shape index (κ3) is 3.76. The van der Waals surface area contributed by atoms with Crippen LogP contribution in [0.4, 0.5) is 10.6 Å². The van der Waals surface area contributed by atoms with Gasteiger partial charge in [0.1, 0.15) is 37.4 Å². The van der Waals surface area contributed by atoms with E-state index in [0.29, 0.717) is 11.2 Å². The molecule has 4 aromatic rings. The highest BCUT2D eigenvalue weighted by Crippen LogP contribution is 2.44. The minimum Gasteiger partial charge on any atom is -0.433 e. The maximum atomic E-state index is 12.4. The molecule has 6 rings (SSSR count). The van der Waals surface area contributed by atoms with Crippen molar-refractivity contribution in [2.75, 3.05) is 18.9 Å². The number of nitrogens with zero attached hydrogens (tertiary/aromatic N) is 4. The van der Waals surface area contributed by atoms with Gasteiger partial charge < -0.3 is 25.1 Å². The van der Waals surface area contributed by atoms with Crippen LogP contribution in [0.3, 0.4) is 0 Å². The Bertz CT molecular complexity index is 1360. The number of benzene rings is 2. The Kier molecular flexibility index (Phi) is 5.31. The zero-order valence-electron chi connectivity index (χ0n) is 18.7. The smallest absolute Gasteiger partial charge is 0.433 e. The van der Waals surface area contributed by atoms with Crippen molar-refractivity contribution in [1.82, 2.24) is 19.5 Å². The van der Waals surface area contributed by atoms with Crippen molar-refractivity contribution in [3.63, 3.8) is 0 Å². The molecule has 0 amide bonds. The number of carbonyl (C=O) groups is 1. The van der Waals surface area contributed by atoms with Gasteiger partial charge in [0.25, 0.3) is 0 Å². The van der Waals surface area contributed by atoms with Crippen molar-refractivity contribution in [2.45, 2.75) is 30.8 Å². The monoisotopic (exact) mass is 473 g/mol. The van der Waals surface area contributed by atoms with E-state index in [1.54, 1.807) is 10.9 Å². The molecule has 2 aliphatic rings. The number of aliphatic hydroxyl groups excluding tert-OH is 1. The molecule has 2 aromatic heterocycles. The minimum atomic E-state index is -0.835. The highest BCUT2D eigenvalue weighted by Gasteiger charge is 2.37. The van der Waals surface area contributed by atoms with Crippen LogP contribution >= 0.6 is 0 Å². The van der Waals surface area contributed by atoms with Crippen LogP contribution in [0, 0.1) is 0 Å². The largest absolute Gasteiger partial charge is 0.508 e. The van der Waals surface area contributed by atoms with E-state index in [1.807, 2.05) is 24.3 Å². The van der Waals surface area contributed by atoms with Gasteiger partial charge in [0.2, 0.25) is 0 Å². The zero-order chi connectivity index (χ0) is 23.9. The Morgan fingerprint density at radius 1 is 1.03 bits per heavy atom. The van der Waals surface area contributed by atoms with Crippen molar-refractivity contribution in [1.29, 1.82) is 0 Å². The average molecular weight is 473 g/mol. The second kappa shape index (κ2) is 8.64. The number of nitrogen functional groups attached to an aromatic ring is 1. The number of hydrogen-bond donors (Lipinski definition) is 2. The van der Waals surface area contributed by atoms with Gasteiger partial charge in [-0.25, -0.2) is 19.7 Å². The topological polar surface area (TPSA) is 135 Å². The summed E-state index contributed by atoms with van der Waals surface area (Å²) in [5.41, 5.74) is 11.4. The molecule has 35 heavy (non-hydrogen) atoms. The molecule has 10 heteroatoms. The lowest BCUT2D eigenvalue weighted by Crippen LogP contribution is -2.28. The number of anilines is 1. The summed E-state index contributed by atoms with van der Waals surface area (Å²) in [7, 11) is 0. The lowest BCUT2D eigenvalue weighted by atomic mass is 9.98. The number of carbonyl (C=O) groups excluding carboxylic acids is 1. The summed E-state index contributed by atoms with van der Waals surface area (Å²) in [6, 6.07) is 16.2. The lowest BCUT2D eigenvalue weighted by Gasteiger charge is -2.17. The van der Waals surface area contributed by atoms with Gasteiger partial charge in [-0.2, -0.15) is 0 Å². The fourth-order valence-electron chi connectivity index (χ4n) is 4.90. The zero-order valence-corrected chi connectivity index (χ0v) is 18.7. The molecule has 0 unspecified atom stereocenters. The highest BCUT2D eigenvalue weighted by molar-refractivity contribution is 5.81. The summed E-state index contributed by atoms with van der Waals surface area (Å²) in [5.74, 6) is 0.207. The highest BCUT2D eigenvalue weighted by atomic mass is 16.7. The Hall–Kier alpha value is -4.02. The number of hydrogen-bond acceptors (Lipinski definition) is 9. The van der Waals surface area contributed by atoms with Gasteiger partial charge in [0, 0.05) is 12.3 Å². The Morgan fingerprint density at radius 3 is 2.46 bits per heavy atom. The van der Waals surface area contributed by atoms with Gasteiger partial charge in [-0.1, -0.05) is 48.5 Å². The summed E-state index contributed by atoms with van der Waals surface area (Å²) < 4.78 is 18.4. The molecule has 1 aliphatic carbocycles. The van der Waals surface area contributed by atoms with Crippen molar-refractivity contribution in [3.05, 3.63) is 72.3 Å². The summed E-state index contributed by atoms with van der Waals surface area (Å²) in [5, 5.41) is 10.5. The fourth-order valence-corrected chi connectivity index (χ4v) is 4.90. The molecule has 0 radical (unpaired) electrons. The molecule has 3 atom stereocenters. The Balaban J connectivity index is 1.07. The van der Waals surface area contributed by atoms with Crippen molar-refractivity contribution in [3.8, 4) is 11.1 Å². The van der Waals surface area contributed by atoms with E-state index in [2.05, 4.69) is 39.2 Å². The molecule has 0 bridgehead atoms. The van der Waals surface area contributed by atoms with E-state index in [4.69, 9.17) is 19.9 Å². The van der Waals surface area contributed by atoms with Crippen LogP contribution in [0.5, 0.6) is 0 Å². The minimum absolute atomic E-state index is 0.0587. The van der Waals surface area contributed by atoms with E-state index in [0.717, 1.165) is 22.3 Å². The third-order valence-corrected chi connectivity index (χ3v) is 6.60. The van der Waals surface area contributed by atoms with Gasteiger partial charge >= 0.3 is 6.16 Å². The van der Waals surface area contributed by atoms with Crippen LogP contribution in [-0.4, -0.2) is 56.2 Å². The third-order valence-electron chi connectivity index (χ3n) is 6.60. The van der Waals surface area contributed by atoms with E-state index < -0.39 is 24.6 Å². The SMILES string of the molecule is Nc1ncnc2c1ncn2[C@H]1C[C@H](O)[C@@H](COC(=O)OCC2c3ccccc3-c3ccccc32)O1. The second-order valence-electron chi connectivity index (χ2n) is 8.61. The van der Waals surface area contributed by atoms with Crippen LogP contribution in [0.1, 0.15) is 29.7 Å². The van der Waals surface area contributed by atoms with Gasteiger partial charge in [-0.3, -0.25) is 4.57 Å². The first kappa shape index (κ1) is 21.5. The number of imidazole rings is 1. The van der Waals surface area contributed by atoms with Crippen LogP contribution in [0.25, 0.3) is 22.3 Å². The first-order chi connectivity index (χ1) is 17.1. The standard InChI is InChI=1S/C25H23N5O5/c26-23-22-24(28-12-27-23)30(13-29-22)21-9-19(31)20(35-21)11-34-25(32)33-10-18-16-7-3-1-5-14(16)15-6-2-4-8-17(15)18/h1-8,12-13,18-21,31H,9-11H2,(H2,26,27,28)/t19-,20+,21+/m0/s1. The summed E-state index contributed by atoms with van der Waals surface area (Å²) in [4.78, 5) is 24.7. The maximum absolute atomic E-state index is 12.4. The molecule has 0 saturated carbocycles. The average Bonchev–Trinajstić information content (AvgIpc) is 3.56. The predicted octanol–water partition coefficient (Wildman–Crippen LogP) is 3.02. The first-order valence-corrected chi connectivity index (χ1v) is 11.3. The quantitative estimate of drug-likeness (QED) is 0.419. The molecular weight excluding hydrogens is 450 g/mol. The molecule has 1 saturated heterocycles. The van der Waals surface area contributed by atoms with Gasteiger partial charge in [-0.05, 0) is 22.3 Å². The van der Waals surface area contributed by atoms with Crippen LogP contribution in [0.15, 0.2) is 61.2 Å². The molecule has 2 aromatic carbocycles. The second-order valence-corrected chi connectivity index (χ2v) is 8.61. The summed E-state index contributed by atoms with van der Waals surface area (Å²) in [6.45, 7) is 0.0177. The maximum Gasteiger partial charge on any atom is 0.508 e. The normalized spacial score (nSPS) is 21.1. The summed E-state index contributed by atoms with van der Waals surface area (Å²) >= 11 is 0. The molecule has 3 N–H and O–H groups in total. The lowest BCUT2D eigenvalue weighted by molar-refractivity contribution is -0.0568. The van der Waals surface area contributed by atoms with E-state index in [-0.39, 0.29) is 31.4 Å². The van der Waals surface area contributed by atoms with E-state index in [9.17, 15) is 9.90 Å². The molecule has 1 fully saturated rings. The Labute approximate surface area is 200 Å².